The SMILES string of the molecule is O=C(COc1cc(F)ccc1F)N1CCC2(CC1)CC(=O)N(Cc1ccncc1)C2.O=C(O)C(=O)O. The molecule has 2 N–H and O–H groups in total. The van der Waals surface area contributed by atoms with Gasteiger partial charge >= 0.3 is 11.9 Å². The molecule has 0 atom stereocenters. The Hall–Kier alpha value is -4.09. The van der Waals surface area contributed by atoms with E-state index in [0.717, 1.165) is 36.6 Å². The van der Waals surface area contributed by atoms with Crippen LogP contribution in [0.4, 0.5) is 8.78 Å². The third-order valence-corrected chi connectivity index (χ3v) is 6.13. The molecule has 0 aliphatic carbocycles. The molecule has 0 radical (unpaired) electrons. The summed E-state index contributed by atoms with van der Waals surface area (Å²) >= 11 is 0. The van der Waals surface area contributed by atoms with E-state index in [2.05, 4.69) is 4.98 Å². The molecule has 12 heteroatoms. The Morgan fingerprint density at radius 3 is 2.28 bits per heavy atom. The van der Waals surface area contributed by atoms with Crippen molar-refractivity contribution in [1.29, 1.82) is 0 Å². The molecule has 3 heterocycles. The number of ether oxygens (including phenoxy) is 1. The van der Waals surface area contributed by atoms with Gasteiger partial charge in [0.25, 0.3) is 5.91 Å². The van der Waals surface area contributed by atoms with E-state index in [1.165, 1.54) is 0 Å². The molecule has 1 spiro atoms. The van der Waals surface area contributed by atoms with Crippen molar-refractivity contribution in [2.24, 2.45) is 5.41 Å². The zero-order valence-electron chi connectivity index (χ0n) is 19.2. The van der Waals surface area contributed by atoms with Gasteiger partial charge in [0.15, 0.2) is 18.2 Å². The van der Waals surface area contributed by atoms with Gasteiger partial charge in [-0.25, -0.2) is 18.4 Å². The number of aromatic nitrogens is 1. The van der Waals surface area contributed by atoms with Crippen LogP contribution in [0.2, 0.25) is 0 Å². The van der Waals surface area contributed by atoms with E-state index in [0.29, 0.717) is 32.6 Å². The lowest BCUT2D eigenvalue weighted by molar-refractivity contribution is -0.159. The molecule has 1 aromatic heterocycles. The second-order valence-electron chi connectivity index (χ2n) is 8.64. The second kappa shape index (κ2) is 11.6. The Bertz CT molecular complexity index is 1110. The number of piperidine rings is 1. The normalized spacial score (nSPS) is 16.3. The molecule has 2 amide bonds. The average molecular weight is 505 g/mol. The van der Waals surface area contributed by atoms with Crippen molar-refractivity contribution >= 4 is 23.8 Å². The highest BCUT2D eigenvalue weighted by Gasteiger charge is 2.45. The van der Waals surface area contributed by atoms with Crippen molar-refractivity contribution in [3.05, 3.63) is 59.9 Å². The molecule has 2 fully saturated rings. The summed E-state index contributed by atoms with van der Waals surface area (Å²) in [6.07, 6.45) is 5.38. The molecule has 2 saturated heterocycles. The highest BCUT2D eigenvalue weighted by molar-refractivity contribution is 6.27. The minimum absolute atomic E-state index is 0.115. The number of benzene rings is 1. The lowest BCUT2D eigenvalue weighted by atomic mass is 9.77. The first-order chi connectivity index (χ1) is 17.1. The molecule has 2 aromatic rings. The molecule has 10 nitrogen and oxygen atoms in total. The van der Waals surface area contributed by atoms with Crippen LogP contribution in [-0.2, 0) is 25.7 Å². The number of halogens is 2. The van der Waals surface area contributed by atoms with E-state index in [9.17, 15) is 18.4 Å². The Kier molecular flexibility index (Phi) is 8.51. The number of nitrogens with zero attached hydrogens (tertiary/aromatic N) is 3. The summed E-state index contributed by atoms with van der Waals surface area (Å²) < 4.78 is 32.0. The maximum absolute atomic E-state index is 13.6. The van der Waals surface area contributed by atoms with Crippen molar-refractivity contribution in [3.63, 3.8) is 0 Å². The quantitative estimate of drug-likeness (QED) is 0.588. The number of rotatable bonds is 5. The number of hydrogen-bond acceptors (Lipinski definition) is 6. The zero-order valence-corrected chi connectivity index (χ0v) is 19.2. The number of amides is 2. The first-order valence-corrected chi connectivity index (χ1v) is 11.1. The first-order valence-electron chi connectivity index (χ1n) is 11.1. The van der Waals surface area contributed by atoms with Gasteiger partial charge in [-0.1, -0.05) is 0 Å². The molecule has 2 aliphatic heterocycles. The molecule has 1 aromatic carbocycles. The van der Waals surface area contributed by atoms with Crippen LogP contribution < -0.4 is 4.74 Å². The number of hydrogen-bond donors (Lipinski definition) is 2. The van der Waals surface area contributed by atoms with Crippen LogP contribution in [0.25, 0.3) is 0 Å². The number of aliphatic carboxylic acids is 2. The molecule has 2 aliphatic rings. The standard InChI is InChI=1S/C22H23F2N3O3.C2H2O4/c23-17-1-2-18(24)19(11-17)30-14-21(29)26-9-5-22(6-10-26)12-20(28)27(15-22)13-16-3-7-25-8-4-16;3-1(4)2(5)6/h1-4,7-8,11H,5-6,9-10,12-15H2;(H,3,4)(H,5,6). The van der Waals surface area contributed by atoms with Crippen LogP contribution in [0, 0.1) is 17.0 Å². The summed E-state index contributed by atoms with van der Waals surface area (Å²) in [5.41, 5.74) is 0.931. The van der Waals surface area contributed by atoms with Gasteiger partial charge in [-0.05, 0) is 42.7 Å². The van der Waals surface area contributed by atoms with E-state index in [-0.39, 0.29) is 29.6 Å². The minimum atomic E-state index is -1.82. The van der Waals surface area contributed by atoms with E-state index in [1.54, 1.807) is 17.3 Å². The fourth-order valence-electron chi connectivity index (χ4n) is 4.22. The van der Waals surface area contributed by atoms with Crippen molar-refractivity contribution in [3.8, 4) is 5.75 Å². The lowest BCUT2D eigenvalue weighted by Crippen LogP contribution is -2.45. The molecule has 4 rings (SSSR count). The molecule has 0 saturated carbocycles. The maximum Gasteiger partial charge on any atom is 0.414 e. The van der Waals surface area contributed by atoms with Crippen LogP contribution in [0.3, 0.4) is 0 Å². The van der Waals surface area contributed by atoms with E-state index in [4.69, 9.17) is 24.5 Å². The van der Waals surface area contributed by atoms with Crippen molar-refractivity contribution in [2.75, 3.05) is 26.2 Å². The predicted octanol–water partition coefficient (Wildman–Crippen LogP) is 1.94. The molecule has 36 heavy (non-hydrogen) atoms. The Morgan fingerprint density at radius 1 is 1.03 bits per heavy atom. The first kappa shape index (κ1) is 26.5. The summed E-state index contributed by atoms with van der Waals surface area (Å²) in [5.74, 6) is -5.39. The highest BCUT2D eigenvalue weighted by Crippen LogP contribution is 2.41. The Morgan fingerprint density at radius 2 is 1.67 bits per heavy atom. The van der Waals surface area contributed by atoms with Crippen molar-refractivity contribution in [1.82, 2.24) is 14.8 Å². The minimum Gasteiger partial charge on any atom is -0.481 e. The van der Waals surface area contributed by atoms with Gasteiger partial charge in [0.1, 0.15) is 5.82 Å². The predicted molar refractivity (Wildman–Crippen MR) is 120 cm³/mol. The summed E-state index contributed by atoms with van der Waals surface area (Å²) in [6, 6.07) is 6.70. The topological polar surface area (TPSA) is 137 Å². The highest BCUT2D eigenvalue weighted by atomic mass is 19.1. The Balaban J connectivity index is 0.000000538. The van der Waals surface area contributed by atoms with Gasteiger partial charge in [0.2, 0.25) is 5.91 Å². The molecular weight excluding hydrogens is 480 g/mol. The fourth-order valence-corrected chi connectivity index (χ4v) is 4.22. The number of pyridine rings is 1. The van der Waals surface area contributed by atoms with Crippen LogP contribution in [0.5, 0.6) is 5.75 Å². The van der Waals surface area contributed by atoms with Crippen molar-refractivity contribution in [2.45, 2.75) is 25.8 Å². The third kappa shape index (κ3) is 6.96. The lowest BCUT2D eigenvalue weighted by Gasteiger charge is -2.38. The third-order valence-electron chi connectivity index (χ3n) is 6.13. The van der Waals surface area contributed by atoms with Gasteiger partial charge in [0, 0.05) is 56.5 Å². The van der Waals surface area contributed by atoms with E-state index in [1.807, 2.05) is 17.0 Å². The number of carboxylic acid groups (broad SMARTS) is 2. The zero-order chi connectivity index (χ0) is 26.3. The van der Waals surface area contributed by atoms with Crippen LogP contribution in [-0.4, -0.2) is 75.0 Å². The number of carboxylic acids is 2. The summed E-state index contributed by atoms with van der Waals surface area (Å²) in [7, 11) is 0. The van der Waals surface area contributed by atoms with E-state index >= 15 is 0 Å². The van der Waals surface area contributed by atoms with Gasteiger partial charge in [-0.15, -0.1) is 0 Å². The van der Waals surface area contributed by atoms with E-state index < -0.39 is 23.6 Å². The monoisotopic (exact) mass is 505 g/mol. The van der Waals surface area contributed by atoms with Gasteiger partial charge in [0.05, 0.1) is 0 Å². The van der Waals surface area contributed by atoms with Gasteiger partial charge in [-0.2, -0.15) is 0 Å². The van der Waals surface area contributed by atoms with Crippen LogP contribution in [0.1, 0.15) is 24.8 Å². The number of carbonyl (C=O) groups excluding carboxylic acids is 2. The maximum atomic E-state index is 13.6. The molecule has 192 valence electrons. The number of likely N-dealkylation sites (tertiary alicyclic amines) is 2. The fraction of sp³-hybridized carbons (Fsp3) is 0.375. The van der Waals surface area contributed by atoms with Gasteiger partial charge in [-0.3, -0.25) is 14.6 Å². The summed E-state index contributed by atoms with van der Waals surface area (Å²) in [5, 5.41) is 14.8. The number of carbonyl (C=O) groups is 4. The smallest absolute Gasteiger partial charge is 0.414 e. The average Bonchev–Trinajstić information content (AvgIpc) is 3.14. The van der Waals surface area contributed by atoms with Crippen LogP contribution >= 0.6 is 0 Å². The second-order valence-corrected chi connectivity index (χ2v) is 8.64. The largest absolute Gasteiger partial charge is 0.481 e. The van der Waals surface area contributed by atoms with Crippen molar-refractivity contribution < 1.29 is 42.9 Å². The summed E-state index contributed by atoms with van der Waals surface area (Å²) in [4.78, 5) is 50.7. The molecular formula is C24H25F2N3O7. The molecule has 0 unspecified atom stereocenters. The van der Waals surface area contributed by atoms with Crippen LogP contribution in [0.15, 0.2) is 42.7 Å². The summed E-state index contributed by atoms with van der Waals surface area (Å²) in [6.45, 7) is 1.94. The van der Waals surface area contributed by atoms with Gasteiger partial charge < -0.3 is 24.7 Å². The Labute approximate surface area is 205 Å². The molecule has 0 bridgehead atoms.